The number of anilines is 4. The third-order valence-corrected chi connectivity index (χ3v) is 25.1. The van der Waals surface area contributed by atoms with Crippen LogP contribution in [-0.2, 0) is 19.5 Å². The molecule has 22 heteroatoms. The van der Waals surface area contributed by atoms with Gasteiger partial charge in [-0.1, -0.05) is 19.1 Å². The van der Waals surface area contributed by atoms with Gasteiger partial charge in [-0.25, -0.2) is 20.0 Å². The van der Waals surface area contributed by atoms with Crippen molar-refractivity contribution in [1.29, 1.82) is 0 Å². The number of aryl methyl sites for hydroxylation is 11. The van der Waals surface area contributed by atoms with Crippen molar-refractivity contribution in [3.05, 3.63) is 259 Å². The Morgan fingerprint density at radius 2 is 0.642 bits per heavy atom. The normalized spacial score (nSPS) is 20.4. The fourth-order valence-corrected chi connectivity index (χ4v) is 17.6. The zero-order valence-corrected chi connectivity index (χ0v) is 70.5. The minimum Gasteiger partial charge on any atom is -0.374 e. The number of benzene rings is 8. The fraction of sp³-hybridized carbons (Fsp3) is 0.306. The summed E-state index contributed by atoms with van der Waals surface area (Å²) in [6, 6.07) is 51.7. The van der Waals surface area contributed by atoms with Crippen LogP contribution >= 0.6 is 0 Å². The smallest absolute Gasteiger partial charge is 0.204 e. The number of aromatic nitrogens is 4. The Bertz CT molecular complexity index is 6540. The van der Waals surface area contributed by atoms with Crippen molar-refractivity contribution in [2.75, 3.05) is 74.0 Å². The second-order valence-corrected chi connectivity index (χ2v) is 34.1. The molecule has 8 aromatic carbocycles. The van der Waals surface area contributed by atoms with Crippen LogP contribution in [0.3, 0.4) is 0 Å². The lowest BCUT2D eigenvalue weighted by atomic mass is 9.86. The van der Waals surface area contributed by atoms with Crippen LogP contribution in [0, 0.1) is 69.2 Å². The van der Waals surface area contributed by atoms with E-state index in [0.717, 1.165) is 159 Å². The molecule has 4 saturated heterocycles. The Morgan fingerprint density at radius 1 is 0.333 bits per heavy atom. The molecule has 0 radical (unpaired) electrons. The number of aliphatic imine (C=N–C) groups is 4. The maximum atomic E-state index is 13.2. The highest BCUT2D eigenvalue weighted by Gasteiger charge is 2.56. The number of pyridine rings is 4. The van der Waals surface area contributed by atoms with Crippen molar-refractivity contribution in [2.24, 2.45) is 20.0 Å². The number of hydrogen-bond acceptors (Lipinski definition) is 22. The first-order valence-corrected chi connectivity index (χ1v) is 41.1. The maximum absolute atomic E-state index is 13.2. The number of rotatable bonds is 9. The minimum atomic E-state index is -1.57. The molecular formula is C98H98N14O8. The van der Waals surface area contributed by atoms with Crippen molar-refractivity contribution in [3.8, 4) is 0 Å². The Kier molecular flexibility index (Phi) is 20.2. The molecule has 8 aliphatic rings. The topological polar surface area (TPSA) is 270 Å². The molecule has 0 bridgehead atoms. The summed E-state index contributed by atoms with van der Waals surface area (Å²) < 4.78 is 0. The summed E-state index contributed by atoms with van der Waals surface area (Å²) in [6.07, 6.45) is 4.13. The first-order valence-electron chi connectivity index (χ1n) is 41.1. The largest absolute Gasteiger partial charge is 0.374 e. The Morgan fingerprint density at radius 3 is 0.992 bits per heavy atom. The van der Waals surface area contributed by atoms with Gasteiger partial charge in [0.25, 0.3) is 0 Å². The van der Waals surface area contributed by atoms with Gasteiger partial charge < -0.3 is 49.8 Å². The van der Waals surface area contributed by atoms with Gasteiger partial charge in [-0.15, -0.1) is 0 Å². The molecule has 120 heavy (non-hydrogen) atoms. The summed E-state index contributed by atoms with van der Waals surface area (Å²) in [5, 5.41) is 49.3. The molecule has 4 N–H and O–H groups in total. The Balaban J connectivity index is 0.000000114. The predicted molar refractivity (Wildman–Crippen MR) is 478 cm³/mol. The van der Waals surface area contributed by atoms with Crippen LogP contribution in [0.25, 0.3) is 43.6 Å². The zero-order valence-electron chi connectivity index (χ0n) is 70.5. The maximum Gasteiger partial charge on any atom is 0.204 e. The van der Waals surface area contributed by atoms with Crippen LogP contribution < -0.4 is 19.6 Å². The van der Waals surface area contributed by atoms with Gasteiger partial charge in [0.2, 0.25) is 23.1 Å². The highest BCUT2D eigenvalue weighted by Crippen LogP contribution is 2.47. The van der Waals surface area contributed by atoms with Gasteiger partial charge in [0.15, 0.2) is 22.4 Å². The number of nitrogens with zero attached hydrogens (tertiary/aromatic N) is 14. The first kappa shape index (κ1) is 80.2. The molecule has 22 nitrogen and oxygen atoms in total. The number of carbonyl (C=O) groups is 4. The highest BCUT2D eigenvalue weighted by atomic mass is 16.3. The summed E-state index contributed by atoms with van der Waals surface area (Å²) in [7, 11) is 8.11. The third kappa shape index (κ3) is 13.9. The van der Waals surface area contributed by atoms with Crippen molar-refractivity contribution in [1.82, 2.24) is 29.7 Å². The fourth-order valence-electron chi connectivity index (χ4n) is 17.6. The van der Waals surface area contributed by atoms with Gasteiger partial charge in [-0.3, -0.25) is 39.1 Å². The number of hydrogen-bond donors (Lipinski definition) is 4. The molecule has 12 heterocycles. The van der Waals surface area contributed by atoms with E-state index in [1.165, 1.54) is 0 Å². The minimum absolute atomic E-state index is 0.252. The number of fused-ring (bicyclic) bond motifs is 12. The molecule has 4 atom stereocenters. The average Bonchev–Trinajstić information content (AvgIpc) is 1.54. The van der Waals surface area contributed by atoms with Gasteiger partial charge in [0.05, 0.1) is 50.5 Å². The Hall–Kier alpha value is -12.3. The van der Waals surface area contributed by atoms with Crippen LogP contribution in [-0.4, -0.2) is 173 Å². The second-order valence-electron chi connectivity index (χ2n) is 34.1. The monoisotopic (exact) mass is 1600 g/mol. The molecule has 8 aliphatic heterocycles. The molecule has 608 valence electrons. The van der Waals surface area contributed by atoms with E-state index in [2.05, 4.69) is 80.2 Å². The first-order chi connectivity index (χ1) is 57.2. The average molecular weight is 1600 g/mol. The molecule has 4 fully saturated rings. The highest BCUT2D eigenvalue weighted by molar-refractivity contribution is 6.32. The third-order valence-electron chi connectivity index (χ3n) is 25.1. The van der Waals surface area contributed by atoms with Crippen molar-refractivity contribution >= 4 is 136 Å². The van der Waals surface area contributed by atoms with E-state index in [9.17, 15) is 39.6 Å². The van der Waals surface area contributed by atoms with Crippen molar-refractivity contribution in [3.63, 3.8) is 0 Å². The van der Waals surface area contributed by atoms with Crippen molar-refractivity contribution in [2.45, 2.75) is 144 Å². The summed E-state index contributed by atoms with van der Waals surface area (Å²) in [5.74, 6) is 0.679. The number of Topliss-reactive ketones (excluding diaryl/α,β-unsaturated/α-hetero) is 4. The molecule has 4 aromatic heterocycles. The predicted octanol–water partition coefficient (Wildman–Crippen LogP) is 16.2. The van der Waals surface area contributed by atoms with Gasteiger partial charge in [0, 0.05) is 149 Å². The standard InChI is InChI=1S/2C25H26N4O2.2C24H23N3O2/c1-15-9-20-22(10-16(15)2)27-24-25(31,23(20)30)7-8-29(24)19-5-6-21-18(12-19)11-17(13-26-21)14-28(3)4;1-15-11-20-22(12-16(15)2)27-24-25(31,23(20)30)9-10-29(24)19-7-8-21-17(13-19)5-6-18(26-21)14-28(3)4;1-13-10-19-21(11-14(13)2)26-23-24(29,22(19)28)7-8-27(23)18-5-6-20-17(12-18)9-15(3)16(4)25-20;1-4-17-6-5-16-13-18(7-8-20(16)25-17)27-10-9-24(29)22(28)19-11-14(2)15(3)12-21(19)26-23(24)27/h5-6,9-13,31H,7-8,14H2,1-4H3;5-8,11-13,31H,9-10,14H2,1-4H3;5-6,9-12,29H,7-8H2,1-4H3;5-8,11-13,29H,4,9-10H2,1-3H3/t2*25-;2*24-/m1111/s1. The number of ketones is 4. The van der Waals surface area contributed by atoms with E-state index in [4.69, 9.17) is 25.0 Å². The van der Waals surface area contributed by atoms with Gasteiger partial charge in [-0.2, -0.15) is 0 Å². The van der Waals surface area contributed by atoms with Crippen LogP contribution in [0.2, 0.25) is 0 Å². The van der Waals surface area contributed by atoms with Gasteiger partial charge >= 0.3 is 0 Å². The van der Waals surface area contributed by atoms with E-state index < -0.39 is 22.4 Å². The lowest BCUT2D eigenvalue weighted by Gasteiger charge is -2.30. The van der Waals surface area contributed by atoms with Gasteiger partial charge in [0.1, 0.15) is 23.3 Å². The molecule has 0 saturated carbocycles. The quantitative estimate of drug-likeness (QED) is 0.105. The molecule has 20 rings (SSSR count). The lowest BCUT2D eigenvalue weighted by Crippen LogP contribution is -2.48. The molecular weight excluding hydrogens is 1500 g/mol. The van der Waals surface area contributed by atoms with E-state index in [1.807, 2.05) is 232 Å². The zero-order chi connectivity index (χ0) is 84.7. The van der Waals surface area contributed by atoms with Crippen LogP contribution in [0.15, 0.2) is 184 Å². The molecule has 0 spiro atoms. The van der Waals surface area contributed by atoms with Crippen LogP contribution in [0.1, 0.15) is 147 Å². The van der Waals surface area contributed by atoms with Gasteiger partial charge in [-0.05, 0) is 305 Å². The van der Waals surface area contributed by atoms with Crippen LogP contribution in [0.4, 0.5) is 45.5 Å². The molecule has 12 aromatic rings. The number of amidine groups is 4. The van der Waals surface area contributed by atoms with E-state index >= 15 is 0 Å². The molecule has 0 amide bonds. The SMILES string of the molecule is CCc1ccc2cc(N3CC[C@@]4(O)C(=O)c5cc(C)c(C)cc5N=C34)ccc2n1.Cc1cc2c(cc1C)C(=O)[C@]1(O)CCN(c3ccc4nc(C)c(C)cc4c3)C1=N2.Cc1cc2c(cc1C)C(=O)[C@]1(O)CCN(c3ccc4nc(CN(C)C)ccc4c3)C1=N2.Cc1cc2c(cc1C)C(=O)[C@]1(O)CCN(c3ccc4ncc(CN(C)C)cc4c3)C1=N2. The summed E-state index contributed by atoms with van der Waals surface area (Å²) in [5.41, 5.74) is 19.5. The van der Waals surface area contributed by atoms with Crippen molar-refractivity contribution < 1.29 is 39.6 Å². The van der Waals surface area contributed by atoms with E-state index in [0.29, 0.717) is 120 Å². The second kappa shape index (κ2) is 30.2. The van der Waals surface area contributed by atoms with E-state index in [1.54, 1.807) is 0 Å². The summed E-state index contributed by atoms with van der Waals surface area (Å²) >= 11 is 0. The Labute approximate surface area is 697 Å². The lowest BCUT2D eigenvalue weighted by molar-refractivity contribution is 0.0600. The van der Waals surface area contributed by atoms with E-state index in [-0.39, 0.29) is 23.1 Å². The number of aliphatic hydroxyl groups is 4. The van der Waals surface area contributed by atoms with Crippen LogP contribution in [0.5, 0.6) is 0 Å². The summed E-state index contributed by atoms with van der Waals surface area (Å²) in [6.45, 7) is 25.8. The molecule has 0 aliphatic carbocycles. The summed E-state index contributed by atoms with van der Waals surface area (Å²) in [4.78, 5) is 103. The number of carbonyl (C=O) groups excluding carboxylic acids is 4. The molecule has 0 unspecified atom stereocenters.